The maximum absolute atomic E-state index is 12.9. The Balaban J connectivity index is 1.80. The van der Waals surface area contributed by atoms with Gasteiger partial charge in [-0.15, -0.1) is 0 Å². The topological polar surface area (TPSA) is 112 Å². The van der Waals surface area contributed by atoms with Gasteiger partial charge in [-0.05, 0) is 44.0 Å². The van der Waals surface area contributed by atoms with Gasteiger partial charge in [0, 0.05) is 5.56 Å². The molecular weight excluding hydrogens is 393 g/mol. The van der Waals surface area contributed by atoms with E-state index < -0.39 is 17.8 Å². The third-order valence-electron chi connectivity index (χ3n) is 3.53. The number of oxime groups is 1. The van der Waals surface area contributed by atoms with Crippen molar-refractivity contribution >= 4 is 18.0 Å². The number of nitrogens with zero attached hydrogens (tertiary/aromatic N) is 1. The first-order chi connectivity index (χ1) is 14.1. The van der Waals surface area contributed by atoms with Crippen LogP contribution in [0, 0.1) is 5.82 Å². The molecule has 0 heterocycles. The van der Waals surface area contributed by atoms with E-state index in [-0.39, 0.29) is 24.9 Å². The minimum Gasteiger partial charge on any atom is -0.444 e. The number of benzene rings is 2. The fourth-order valence-electron chi connectivity index (χ4n) is 2.15. The van der Waals surface area contributed by atoms with Gasteiger partial charge in [0.15, 0.2) is 5.84 Å². The van der Waals surface area contributed by atoms with E-state index in [1.54, 1.807) is 57.2 Å². The van der Waals surface area contributed by atoms with Crippen molar-refractivity contribution < 1.29 is 28.3 Å². The van der Waals surface area contributed by atoms with Gasteiger partial charge in [0.2, 0.25) is 0 Å². The normalized spacial score (nSPS) is 11.5. The minimum atomic E-state index is -0.913. The average molecular weight is 417 g/mol. The minimum absolute atomic E-state index is 0.0486. The summed E-state index contributed by atoms with van der Waals surface area (Å²) in [5.74, 6) is -0.166. The summed E-state index contributed by atoms with van der Waals surface area (Å²) in [6.45, 7) is 5.15. The Hall–Kier alpha value is -3.62. The van der Waals surface area contributed by atoms with E-state index >= 15 is 0 Å². The number of hydrogen-bond acceptors (Lipinski definition) is 6. The summed E-state index contributed by atoms with van der Waals surface area (Å²) in [5.41, 5.74) is 7.20. The van der Waals surface area contributed by atoms with Crippen molar-refractivity contribution in [2.24, 2.45) is 10.9 Å². The highest BCUT2D eigenvalue weighted by Crippen LogP contribution is 2.09. The molecule has 0 aromatic heterocycles. The number of carbonyl (C=O) groups is 2. The lowest BCUT2D eigenvalue weighted by Crippen LogP contribution is -2.36. The smallest absolute Gasteiger partial charge is 0.417 e. The van der Waals surface area contributed by atoms with E-state index in [9.17, 15) is 14.0 Å². The van der Waals surface area contributed by atoms with Crippen molar-refractivity contribution in [3.05, 3.63) is 71.0 Å². The highest BCUT2D eigenvalue weighted by Gasteiger charge is 2.18. The van der Waals surface area contributed by atoms with Gasteiger partial charge in [0.1, 0.15) is 24.6 Å². The molecule has 0 unspecified atom stereocenters. The number of nitrogens with two attached hydrogens (primary N) is 1. The Bertz CT molecular complexity index is 890. The molecule has 0 saturated carbocycles. The molecule has 0 aliphatic heterocycles. The maximum atomic E-state index is 12.9. The van der Waals surface area contributed by atoms with Crippen molar-refractivity contribution in [1.82, 2.24) is 5.32 Å². The molecular formula is C21H24FN3O5. The molecule has 3 N–H and O–H groups in total. The number of amidine groups is 1. The zero-order valence-electron chi connectivity index (χ0n) is 17.0. The second kappa shape index (κ2) is 10.2. The van der Waals surface area contributed by atoms with Crippen LogP contribution in [-0.2, 0) is 27.5 Å². The molecule has 2 amide bonds. The summed E-state index contributed by atoms with van der Waals surface area (Å²) >= 11 is 0. The first-order valence-corrected chi connectivity index (χ1v) is 9.08. The Kier molecular flexibility index (Phi) is 7.74. The molecule has 30 heavy (non-hydrogen) atoms. The standard InChI is InChI=1S/C21H24FN3O5/c1-21(2,3)30-20(27)24-19(26)28-12-14-4-8-16(9-5-14)18(23)25-29-13-15-6-10-17(22)11-7-15/h4-11H,12-13H2,1-3H3,(H2,23,25)(H,24,26,27). The molecule has 2 rings (SSSR count). The van der Waals surface area contributed by atoms with E-state index in [2.05, 4.69) is 5.16 Å². The lowest BCUT2D eigenvalue weighted by atomic mass is 10.1. The number of halogens is 1. The lowest BCUT2D eigenvalue weighted by molar-refractivity contribution is 0.0506. The van der Waals surface area contributed by atoms with Crippen molar-refractivity contribution in [2.45, 2.75) is 39.6 Å². The van der Waals surface area contributed by atoms with Crippen LogP contribution in [0.25, 0.3) is 0 Å². The SMILES string of the molecule is CC(C)(C)OC(=O)NC(=O)OCc1ccc(/C(N)=N\OCc2ccc(F)cc2)cc1. The first-order valence-electron chi connectivity index (χ1n) is 9.08. The molecule has 0 spiro atoms. The first kappa shape index (κ1) is 22.7. The van der Waals surface area contributed by atoms with Crippen LogP contribution in [-0.4, -0.2) is 23.6 Å². The predicted octanol–water partition coefficient (Wildman–Crippen LogP) is 3.82. The molecule has 9 heteroatoms. The number of alkyl carbamates (subject to hydrolysis) is 2. The number of rotatable bonds is 6. The van der Waals surface area contributed by atoms with Crippen LogP contribution in [0.5, 0.6) is 0 Å². The number of carbonyl (C=O) groups excluding carboxylic acids is 2. The van der Waals surface area contributed by atoms with Crippen LogP contribution >= 0.6 is 0 Å². The fraction of sp³-hybridized carbons (Fsp3) is 0.286. The predicted molar refractivity (Wildman–Crippen MR) is 108 cm³/mol. The number of amides is 2. The molecule has 0 radical (unpaired) electrons. The fourth-order valence-corrected chi connectivity index (χ4v) is 2.15. The van der Waals surface area contributed by atoms with Gasteiger partial charge in [-0.25, -0.2) is 19.3 Å². The number of ether oxygens (including phenoxy) is 2. The van der Waals surface area contributed by atoms with E-state index in [4.69, 9.17) is 20.0 Å². The van der Waals surface area contributed by atoms with Gasteiger partial charge in [0.05, 0.1) is 0 Å². The van der Waals surface area contributed by atoms with Gasteiger partial charge in [0.25, 0.3) is 0 Å². The summed E-state index contributed by atoms with van der Waals surface area (Å²) in [6.07, 6.45) is -1.80. The third kappa shape index (κ3) is 8.17. The second-order valence-corrected chi connectivity index (χ2v) is 7.28. The lowest BCUT2D eigenvalue weighted by Gasteiger charge is -2.19. The molecule has 0 aliphatic rings. The molecule has 160 valence electrons. The molecule has 0 saturated heterocycles. The molecule has 2 aromatic rings. The van der Waals surface area contributed by atoms with E-state index in [0.29, 0.717) is 11.1 Å². The van der Waals surface area contributed by atoms with E-state index in [1.807, 2.05) is 5.32 Å². The molecule has 0 aliphatic carbocycles. The van der Waals surface area contributed by atoms with Gasteiger partial charge in [-0.1, -0.05) is 41.6 Å². The second-order valence-electron chi connectivity index (χ2n) is 7.28. The largest absolute Gasteiger partial charge is 0.444 e. The van der Waals surface area contributed by atoms with Crippen LogP contribution in [0.2, 0.25) is 0 Å². The van der Waals surface area contributed by atoms with Crippen molar-refractivity contribution in [3.8, 4) is 0 Å². The summed E-state index contributed by atoms with van der Waals surface area (Å²) in [6, 6.07) is 12.6. The summed E-state index contributed by atoms with van der Waals surface area (Å²) in [4.78, 5) is 28.3. The Morgan fingerprint density at radius 1 is 0.967 bits per heavy atom. The summed E-state index contributed by atoms with van der Waals surface area (Å²) in [5, 5.41) is 5.81. The molecule has 0 fully saturated rings. The van der Waals surface area contributed by atoms with Crippen molar-refractivity contribution in [2.75, 3.05) is 0 Å². The number of nitrogens with one attached hydrogen (secondary N) is 1. The van der Waals surface area contributed by atoms with Crippen molar-refractivity contribution in [1.29, 1.82) is 0 Å². The summed E-state index contributed by atoms with van der Waals surface area (Å²) in [7, 11) is 0. The van der Waals surface area contributed by atoms with Crippen LogP contribution in [0.4, 0.5) is 14.0 Å². The van der Waals surface area contributed by atoms with Crippen LogP contribution in [0.1, 0.15) is 37.5 Å². The monoisotopic (exact) mass is 417 g/mol. The van der Waals surface area contributed by atoms with E-state index in [1.165, 1.54) is 12.1 Å². The average Bonchev–Trinajstić information content (AvgIpc) is 2.66. The van der Waals surface area contributed by atoms with Gasteiger partial charge in [-0.3, -0.25) is 0 Å². The van der Waals surface area contributed by atoms with Crippen LogP contribution in [0.3, 0.4) is 0 Å². The quantitative estimate of drug-likeness (QED) is 0.420. The van der Waals surface area contributed by atoms with Crippen molar-refractivity contribution in [3.63, 3.8) is 0 Å². The maximum Gasteiger partial charge on any atom is 0.417 e. The zero-order valence-corrected chi connectivity index (χ0v) is 17.0. The molecule has 2 aromatic carbocycles. The number of hydrogen-bond donors (Lipinski definition) is 2. The van der Waals surface area contributed by atoms with Crippen LogP contribution in [0.15, 0.2) is 53.7 Å². The molecule has 0 bridgehead atoms. The highest BCUT2D eigenvalue weighted by molar-refractivity contribution is 5.97. The van der Waals surface area contributed by atoms with Gasteiger partial charge in [-0.2, -0.15) is 0 Å². The third-order valence-corrected chi connectivity index (χ3v) is 3.53. The van der Waals surface area contributed by atoms with Gasteiger partial charge >= 0.3 is 12.2 Å². The Labute approximate surface area is 173 Å². The summed E-state index contributed by atoms with van der Waals surface area (Å²) < 4.78 is 22.8. The zero-order chi connectivity index (χ0) is 22.1. The Morgan fingerprint density at radius 2 is 1.53 bits per heavy atom. The van der Waals surface area contributed by atoms with Gasteiger partial charge < -0.3 is 20.0 Å². The molecule has 8 nitrogen and oxygen atoms in total. The van der Waals surface area contributed by atoms with E-state index in [0.717, 1.165) is 5.56 Å². The molecule has 0 atom stereocenters. The number of imide groups is 1. The highest BCUT2D eigenvalue weighted by atomic mass is 19.1. The van der Waals surface area contributed by atoms with Crippen LogP contribution < -0.4 is 11.1 Å². The Morgan fingerprint density at radius 3 is 2.13 bits per heavy atom.